The van der Waals surface area contributed by atoms with Crippen molar-refractivity contribution >= 4 is 29.4 Å². The van der Waals surface area contributed by atoms with Crippen molar-refractivity contribution in [1.29, 1.82) is 0 Å². The van der Waals surface area contributed by atoms with Crippen LogP contribution in [0.1, 0.15) is 22.8 Å². The molecule has 3 rings (SSSR count). The maximum absolute atomic E-state index is 12.1. The third kappa shape index (κ3) is 5.39. The Kier molecular flexibility index (Phi) is 6.17. The Morgan fingerprint density at radius 2 is 1.70 bits per heavy atom. The van der Waals surface area contributed by atoms with Crippen LogP contribution in [0, 0.1) is 0 Å². The van der Waals surface area contributed by atoms with E-state index in [2.05, 4.69) is 20.7 Å². The standard InChI is InChI=1S/C20H22N4O3/c1-15(25)22-18-6-4-17(5-7-18)20(26)23-21-14-16-2-8-19(9-3-16)24-10-12-27-13-11-24/h2-9,14H,10-13H2,1H3,(H,22,25)(H,23,26)/b21-14+. The van der Waals surface area contributed by atoms with Crippen molar-refractivity contribution in [2.45, 2.75) is 6.92 Å². The maximum atomic E-state index is 12.1. The number of ether oxygens (including phenoxy) is 1. The molecule has 7 heteroatoms. The number of nitrogens with zero attached hydrogens (tertiary/aromatic N) is 2. The van der Waals surface area contributed by atoms with Crippen LogP contribution in [0.5, 0.6) is 0 Å². The highest BCUT2D eigenvalue weighted by atomic mass is 16.5. The van der Waals surface area contributed by atoms with Crippen molar-refractivity contribution in [2.75, 3.05) is 36.5 Å². The minimum Gasteiger partial charge on any atom is -0.378 e. The summed E-state index contributed by atoms with van der Waals surface area (Å²) in [7, 11) is 0. The summed E-state index contributed by atoms with van der Waals surface area (Å²) < 4.78 is 5.36. The Labute approximate surface area is 158 Å². The highest BCUT2D eigenvalue weighted by molar-refractivity contribution is 5.96. The number of rotatable bonds is 5. The van der Waals surface area contributed by atoms with Gasteiger partial charge >= 0.3 is 0 Å². The van der Waals surface area contributed by atoms with Gasteiger partial charge in [0.05, 0.1) is 19.4 Å². The van der Waals surface area contributed by atoms with Crippen LogP contribution in [0.4, 0.5) is 11.4 Å². The van der Waals surface area contributed by atoms with Gasteiger partial charge in [-0.25, -0.2) is 5.43 Å². The lowest BCUT2D eigenvalue weighted by Crippen LogP contribution is -2.36. The van der Waals surface area contributed by atoms with Gasteiger partial charge < -0.3 is 15.0 Å². The summed E-state index contributed by atoms with van der Waals surface area (Å²) >= 11 is 0. The molecule has 2 N–H and O–H groups in total. The van der Waals surface area contributed by atoms with Gasteiger partial charge in [-0.2, -0.15) is 5.10 Å². The first kappa shape index (κ1) is 18.6. The van der Waals surface area contributed by atoms with Gasteiger partial charge in [-0.3, -0.25) is 9.59 Å². The van der Waals surface area contributed by atoms with Gasteiger partial charge in [-0.1, -0.05) is 12.1 Å². The Morgan fingerprint density at radius 3 is 2.33 bits per heavy atom. The van der Waals surface area contributed by atoms with E-state index >= 15 is 0 Å². The molecule has 2 aromatic carbocycles. The zero-order valence-corrected chi connectivity index (χ0v) is 15.1. The molecule has 0 unspecified atom stereocenters. The molecule has 0 aliphatic carbocycles. The molecule has 2 aromatic rings. The quantitative estimate of drug-likeness (QED) is 0.628. The number of carbonyl (C=O) groups is 2. The summed E-state index contributed by atoms with van der Waals surface area (Å²) in [5.41, 5.74) is 5.65. The predicted molar refractivity (Wildman–Crippen MR) is 105 cm³/mol. The number of hydrazone groups is 1. The summed E-state index contributed by atoms with van der Waals surface area (Å²) in [4.78, 5) is 25.4. The van der Waals surface area contributed by atoms with Crippen molar-refractivity contribution in [2.24, 2.45) is 5.10 Å². The van der Waals surface area contributed by atoms with E-state index in [1.54, 1.807) is 30.5 Å². The summed E-state index contributed by atoms with van der Waals surface area (Å²) in [5.74, 6) is -0.470. The molecular formula is C20H22N4O3. The van der Waals surface area contributed by atoms with E-state index in [0.29, 0.717) is 11.3 Å². The average molecular weight is 366 g/mol. The number of anilines is 2. The SMILES string of the molecule is CC(=O)Nc1ccc(C(=O)N/N=C/c2ccc(N3CCOCC3)cc2)cc1. The van der Waals surface area contributed by atoms with Crippen LogP contribution in [0.25, 0.3) is 0 Å². The molecule has 1 heterocycles. The van der Waals surface area contributed by atoms with E-state index < -0.39 is 0 Å². The number of hydrogen-bond acceptors (Lipinski definition) is 5. The molecule has 0 bridgehead atoms. The van der Waals surface area contributed by atoms with Crippen LogP contribution in [-0.4, -0.2) is 44.3 Å². The second-order valence-electron chi connectivity index (χ2n) is 6.15. The fraction of sp³-hybridized carbons (Fsp3) is 0.250. The number of morpholine rings is 1. The van der Waals surface area contributed by atoms with Crippen molar-refractivity contribution in [3.8, 4) is 0 Å². The Morgan fingerprint density at radius 1 is 1.04 bits per heavy atom. The smallest absolute Gasteiger partial charge is 0.271 e. The molecule has 0 radical (unpaired) electrons. The van der Waals surface area contributed by atoms with Gasteiger partial charge in [0.25, 0.3) is 5.91 Å². The zero-order chi connectivity index (χ0) is 19.1. The number of benzene rings is 2. The largest absolute Gasteiger partial charge is 0.378 e. The number of nitrogens with one attached hydrogen (secondary N) is 2. The number of carbonyl (C=O) groups excluding carboxylic acids is 2. The predicted octanol–water partition coefficient (Wildman–Crippen LogP) is 2.25. The first-order valence-corrected chi connectivity index (χ1v) is 8.75. The van der Waals surface area contributed by atoms with Crippen molar-refractivity contribution in [3.63, 3.8) is 0 Å². The third-order valence-corrected chi connectivity index (χ3v) is 4.12. The lowest BCUT2D eigenvalue weighted by atomic mass is 10.2. The Bertz CT molecular complexity index is 810. The van der Waals surface area contributed by atoms with Crippen LogP contribution in [-0.2, 0) is 9.53 Å². The van der Waals surface area contributed by atoms with Gasteiger partial charge in [0.1, 0.15) is 0 Å². The summed E-state index contributed by atoms with van der Waals surface area (Å²) in [6.45, 7) is 4.72. The molecule has 140 valence electrons. The number of hydrogen-bond donors (Lipinski definition) is 2. The van der Waals surface area contributed by atoms with Crippen molar-refractivity contribution in [1.82, 2.24) is 5.43 Å². The monoisotopic (exact) mass is 366 g/mol. The molecule has 7 nitrogen and oxygen atoms in total. The highest BCUT2D eigenvalue weighted by Gasteiger charge is 2.10. The molecule has 0 saturated carbocycles. The third-order valence-electron chi connectivity index (χ3n) is 4.12. The van der Waals surface area contributed by atoms with E-state index in [1.165, 1.54) is 6.92 Å². The minimum absolute atomic E-state index is 0.156. The minimum atomic E-state index is -0.314. The first-order chi connectivity index (χ1) is 13.1. The number of amides is 2. The normalized spacial score (nSPS) is 14.2. The molecule has 0 atom stereocenters. The molecule has 27 heavy (non-hydrogen) atoms. The first-order valence-electron chi connectivity index (χ1n) is 8.75. The van der Waals surface area contributed by atoms with Crippen LogP contribution >= 0.6 is 0 Å². The van der Waals surface area contributed by atoms with Gasteiger partial charge in [0, 0.05) is 37.0 Å². The fourth-order valence-corrected chi connectivity index (χ4v) is 2.73. The lowest BCUT2D eigenvalue weighted by molar-refractivity contribution is -0.114. The van der Waals surface area contributed by atoms with E-state index in [9.17, 15) is 9.59 Å². The van der Waals surface area contributed by atoms with E-state index in [4.69, 9.17) is 4.74 Å². The topological polar surface area (TPSA) is 83.0 Å². The molecular weight excluding hydrogens is 344 g/mol. The molecule has 1 fully saturated rings. The van der Waals surface area contributed by atoms with Crippen LogP contribution < -0.4 is 15.6 Å². The second kappa shape index (κ2) is 8.95. The van der Waals surface area contributed by atoms with Crippen LogP contribution in [0.3, 0.4) is 0 Å². The second-order valence-corrected chi connectivity index (χ2v) is 6.15. The lowest BCUT2D eigenvalue weighted by Gasteiger charge is -2.28. The van der Waals surface area contributed by atoms with Crippen LogP contribution in [0.15, 0.2) is 53.6 Å². The zero-order valence-electron chi connectivity index (χ0n) is 15.1. The Balaban J connectivity index is 1.53. The van der Waals surface area contributed by atoms with Crippen molar-refractivity contribution in [3.05, 3.63) is 59.7 Å². The maximum Gasteiger partial charge on any atom is 0.271 e. The molecule has 0 spiro atoms. The molecule has 1 aliphatic rings. The van der Waals surface area contributed by atoms with Gasteiger partial charge in [0.15, 0.2) is 0 Å². The van der Waals surface area contributed by atoms with Gasteiger partial charge in [0.2, 0.25) is 5.91 Å². The molecule has 1 aliphatic heterocycles. The average Bonchev–Trinajstić information content (AvgIpc) is 2.69. The van der Waals surface area contributed by atoms with Crippen molar-refractivity contribution < 1.29 is 14.3 Å². The van der Waals surface area contributed by atoms with Gasteiger partial charge in [-0.05, 0) is 42.0 Å². The molecule has 1 saturated heterocycles. The van der Waals surface area contributed by atoms with Gasteiger partial charge in [-0.15, -0.1) is 0 Å². The van der Waals surface area contributed by atoms with Crippen LogP contribution in [0.2, 0.25) is 0 Å². The summed E-state index contributed by atoms with van der Waals surface area (Å²) in [6, 6.07) is 14.6. The van der Waals surface area contributed by atoms with E-state index in [0.717, 1.165) is 37.6 Å². The highest BCUT2D eigenvalue weighted by Crippen LogP contribution is 2.16. The molecule has 0 aromatic heterocycles. The Hall–Kier alpha value is -3.19. The molecule has 2 amide bonds. The van der Waals surface area contributed by atoms with E-state index in [1.807, 2.05) is 24.3 Å². The fourth-order valence-electron chi connectivity index (χ4n) is 2.73. The summed E-state index contributed by atoms with van der Waals surface area (Å²) in [6.07, 6.45) is 1.60. The summed E-state index contributed by atoms with van der Waals surface area (Å²) in [5, 5.41) is 6.66. The van der Waals surface area contributed by atoms with E-state index in [-0.39, 0.29) is 11.8 Å².